The van der Waals surface area contributed by atoms with Crippen molar-refractivity contribution in [2.24, 2.45) is 0 Å². The number of nitrogens with zero attached hydrogens (tertiary/aromatic N) is 1. The second kappa shape index (κ2) is 6.71. The molecule has 0 spiro atoms. The molecule has 1 saturated heterocycles. The maximum absolute atomic E-state index is 12.7. The first-order valence-electron chi connectivity index (χ1n) is 7.25. The fraction of sp³-hybridized carbons (Fsp3) is 0.562. The molecule has 1 heterocycles. The molecule has 0 bridgehead atoms. The Kier molecular flexibility index (Phi) is 4.97. The molecule has 1 aromatic rings. The lowest BCUT2D eigenvalue weighted by atomic mass is 9.97. The van der Waals surface area contributed by atoms with Crippen molar-refractivity contribution in [2.75, 3.05) is 20.1 Å². The summed E-state index contributed by atoms with van der Waals surface area (Å²) >= 11 is 0. The van der Waals surface area contributed by atoms with E-state index in [9.17, 15) is 4.79 Å². The Morgan fingerprint density at radius 2 is 2.16 bits per heavy atom. The van der Waals surface area contributed by atoms with Gasteiger partial charge in [0.1, 0.15) is 0 Å². The van der Waals surface area contributed by atoms with Gasteiger partial charge in [-0.15, -0.1) is 0 Å². The van der Waals surface area contributed by atoms with Gasteiger partial charge in [-0.25, -0.2) is 0 Å². The Balaban J connectivity index is 2.13. The number of nitrogens with one attached hydrogen (secondary N) is 1. The summed E-state index contributed by atoms with van der Waals surface area (Å²) < 4.78 is 0. The number of rotatable bonds is 4. The fourth-order valence-corrected chi connectivity index (χ4v) is 2.85. The maximum Gasteiger partial charge on any atom is 0.254 e. The van der Waals surface area contributed by atoms with Crippen molar-refractivity contribution < 1.29 is 4.79 Å². The Morgan fingerprint density at radius 1 is 1.37 bits per heavy atom. The van der Waals surface area contributed by atoms with Gasteiger partial charge in [-0.1, -0.05) is 18.2 Å². The Morgan fingerprint density at radius 3 is 2.89 bits per heavy atom. The van der Waals surface area contributed by atoms with Crippen LogP contribution in [0.2, 0.25) is 0 Å². The summed E-state index contributed by atoms with van der Waals surface area (Å²) in [5.74, 6) is 0.207. The molecule has 1 aromatic carbocycles. The molecule has 1 amide bonds. The van der Waals surface area contributed by atoms with Crippen LogP contribution in [0.4, 0.5) is 0 Å². The molecule has 3 heteroatoms. The van der Waals surface area contributed by atoms with E-state index >= 15 is 0 Å². The largest absolute Gasteiger partial charge is 0.336 e. The van der Waals surface area contributed by atoms with Crippen LogP contribution >= 0.6 is 0 Å². The zero-order chi connectivity index (χ0) is 13.7. The molecule has 1 atom stereocenters. The first-order valence-corrected chi connectivity index (χ1v) is 7.25. The van der Waals surface area contributed by atoms with Crippen molar-refractivity contribution in [1.82, 2.24) is 10.2 Å². The zero-order valence-electron chi connectivity index (χ0n) is 12.0. The van der Waals surface area contributed by atoms with Crippen LogP contribution in [-0.2, 0) is 0 Å². The van der Waals surface area contributed by atoms with E-state index in [2.05, 4.69) is 10.2 Å². The van der Waals surface area contributed by atoms with Gasteiger partial charge in [0.25, 0.3) is 5.91 Å². The summed E-state index contributed by atoms with van der Waals surface area (Å²) in [4.78, 5) is 14.8. The number of piperidine rings is 1. The van der Waals surface area contributed by atoms with E-state index in [0.717, 1.165) is 43.5 Å². The Hall–Kier alpha value is -1.35. The topological polar surface area (TPSA) is 32.3 Å². The molecule has 1 N–H and O–H groups in total. The molecule has 0 aliphatic carbocycles. The van der Waals surface area contributed by atoms with Gasteiger partial charge in [-0.2, -0.15) is 0 Å². The molecule has 19 heavy (non-hydrogen) atoms. The molecule has 1 aliphatic rings. The third kappa shape index (κ3) is 3.35. The van der Waals surface area contributed by atoms with Gasteiger partial charge in [-0.05, 0) is 57.8 Å². The van der Waals surface area contributed by atoms with Crippen LogP contribution < -0.4 is 5.32 Å². The number of aryl methyl sites for hydroxylation is 1. The Bertz CT molecular complexity index is 431. The van der Waals surface area contributed by atoms with Crippen LogP contribution in [0.1, 0.15) is 41.6 Å². The predicted octanol–water partition coefficient (Wildman–Crippen LogP) is 2.60. The molecule has 1 aliphatic heterocycles. The van der Waals surface area contributed by atoms with Crippen molar-refractivity contribution in [2.45, 2.75) is 38.6 Å². The molecule has 0 aromatic heterocycles. The average Bonchev–Trinajstić information content (AvgIpc) is 2.45. The van der Waals surface area contributed by atoms with E-state index in [1.54, 1.807) is 0 Å². The molecule has 1 fully saturated rings. The van der Waals surface area contributed by atoms with Crippen LogP contribution in [0.3, 0.4) is 0 Å². The van der Waals surface area contributed by atoms with E-state index in [4.69, 9.17) is 0 Å². The van der Waals surface area contributed by atoms with Crippen LogP contribution in [0, 0.1) is 6.92 Å². The number of likely N-dealkylation sites (tertiary alicyclic amines) is 1. The quantitative estimate of drug-likeness (QED) is 0.902. The first kappa shape index (κ1) is 14.1. The molecular weight excluding hydrogens is 236 g/mol. The summed E-state index contributed by atoms with van der Waals surface area (Å²) in [5.41, 5.74) is 1.93. The standard InChI is InChI=1S/C16H24N2O/c1-13-7-3-4-9-15(13)16(19)18-12-6-5-8-14(18)10-11-17-2/h3-4,7,9,14,17H,5-6,8,10-12H2,1-2H3. The van der Waals surface area contributed by atoms with Gasteiger partial charge in [0.2, 0.25) is 0 Å². The second-order valence-electron chi connectivity index (χ2n) is 5.36. The average molecular weight is 260 g/mol. The SMILES string of the molecule is CNCCC1CCCCN1C(=O)c1ccccc1C. The smallest absolute Gasteiger partial charge is 0.254 e. The van der Waals surface area contributed by atoms with Gasteiger partial charge in [-0.3, -0.25) is 4.79 Å². The molecule has 2 rings (SSSR count). The summed E-state index contributed by atoms with van der Waals surface area (Å²) in [7, 11) is 1.97. The number of amides is 1. The monoisotopic (exact) mass is 260 g/mol. The number of benzene rings is 1. The van der Waals surface area contributed by atoms with E-state index in [1.165, 1.54) is 6.42 Å². The van der Waals surface area contributed by atoms with Crippen LogP contribution in [0.25, 0.3) is 0 Å². The third-order valence-corrected chi connectivity index (χ3v) is 3.99. The summed E-state index contributed by atoms with van der Waals surface area (Å²) in [6, 6.07) is 8.29. The molecule has 0 radical (unpaired) electrons. The molecule has 1 unspecified atom stereocenters. The number of hydrogen-bond donors (Lipinski definition) is 1. The first-order chi connectivity index (χ1) is 9.24. The van der Waals surface area contributed by atoms with Crippen molar-refractivity contribution in [1.29, 1.82) is 0 Å². The van der Waals surface area contributed by atoms with Gasteiger partial charge in [0.15, 0.2) is 0 Å². The highest BCUT2D eigenvalue weighted by atomic mass is 16.2. The summed E-state index contributed by atoms with van der Waals surface area (Å²) in [6.07, 6.45) is 4.56. The second-order valence-corrected chi connectivity index (χ2v) is 5.36. The van der Waals surface area contributed by atoms with Gasteiger partial charge in [0, 0.05) is 18.2 Å². The van der Waals surface area contributed by atoms with Gasteiger partial charge in [0.05, 0.1) is 0 Å². The summed E-state index contributed by atoms with van der Waals surface area (Å²) in [5, 5.41) is 3.19. The van der Waals surface area contributed by atoms with Crippen molar-refractivity contribution >= 4 is 5.91 Å². The highest BCUT2D eigenvalue weighted by molar-refractivity contribution is 5.95. The fourth-order valence-electron chi connectivity index (χ4n) is 2.85. The normalized spacial score (nSPS) is 19.5. The third-order valence-electron chi connectivity index (χ3n) is 3.99. The van der Waals surface area contributed by atoms with Crippen molar-refractivity contribution in [3.63, 3.8) is 0 Å². The molecular formula is C16H24N2O. The van der Waals surface area contributed by atoms with E-state index < -0.39 is 0 Å². The number of hydrogen-bond acceptors (Lipinski definition) is 2. The van der Waals surface area contributed by atoms with Crippen molar-refractivity contribution in [3.8, 4) is 0 Å². The van der Waals surface area contributed by atoms with Crippen LogP contribution in [-0.4, -0.2) is 37.0 Å². The zero-order valence-corrected chi connectivity index (χ0v) is 12.0. The van der Waals surface area contributed by atoms with Crippen LogP contribution in [0.5, 0.6) is 0 Å². The minimum atomic E-state index is 0.207. The van der Waals surface area contributed by atoms with E-state index in [-0.39, 0.29) is 5.91 Å². The lowest BCUT2D eigenvalue weighted by Gasteiger charge is -2.36. The number of carbonyl (C=O) groups is 1. The summed E-state index contributed by atoms with van der Waals surface area (Å²) in [6.45, 7) is 3.89. The Labute approximate surface area is 116 Å². The number of carbonyl (C=O) groups excluding carboxylic acids is 1. The predicted molar refractivity (Wildman–Crippen MR) is 78.4 cm³/mol. The van der Waals surface area contributed by atoms with Crippen molar-refractivity contribution in [3.05, 3.63) is 35.4 Å². The van der Waals surface area contributed by atoms with E-state index in [0.29, 0.717) is 6.04 Å². The lowest BCUT2D eigenvalue weighted by molar-refractivity contribution is 0.0602. The highest BCUT2D eigenvalue weighted by Gasteiger charge is 2.27. The van der Waals surface area contributed by atoms with Crippen LogP contribution in [0.15, 0.2) is 24.3 Å². The van der Waals surface area contributed by atoms with E-state index in [1.807, 2.05) is 38.2 Å². The molecule has 3 nitrogen and oxygen atoms in total. The minimum absolute atomic E-state index is 0.207. The lowest BCUT2D eigenvalue weighted by Crippen LogP contribution is -2.45. The van der Waals surface area contributed by atoms with Gasteiger partial charge < -0.3 is 10.2 Å². The molecule has 104 valence electrons. The minimum Gasteiger partial charge on any atom is -0.336 e. The highest BCUT2D eigenvalue weighted by Crippen LogP contribution is 2.22. The maximum atomic E-state index is 12.7. The molecule has 0 saturated carbocycles. The van der Waals surface area contributed by atoms with Gasteiger partial charge >= 0.3 is 0 Å².